The number of aromatic nitrogens is 3. The van der Waals surface area contributed by atoms with E-state index in [2.05, 4.69) is 20.7 Å². The van der Waals surface area contributed by atoms with Gasteiger partial charge in [0.15, 0.2) is 5.82 Å². The van der Waals surface area contributed by atoms with Gasteiger partial charge in [0.1, 0.15) is 6.04 Å². The van der Waals surface area contributed by atoms with E-state index in [4.69, 9.17) is 0 Å². The molecule has 0 aliphatic carbocycles. The van der Waals surface area contributed by atoms with Crippen LogP contribution in [0.25, 0.3) is 16.7 Å². The van der Waals surface area contributed by atoms with Crippen LogP contribution in [-0.4, -0.2) is 44.9 Å². The van der Waals surface area contributed by atoms with E-state index in [-0.39, 0.29) is 12.0 Å². The van der Waals surface area contributed by atoms with Crippen molar-refractivity contribution >= 4 is 28.5 Å². The van der Waals surface area contributed by atoms with Gasteiger partial charge in [0.2, 0.25) is 5.78 Å². The minimum Gasteiger partial charge on any atom is -0.350 e. The van der Waals surface area contributed by atoms with Gasteiger partial charge >= 0.3 is 0 Å². The number of ketones is 1. The molecule has 0 saturated heterocycles. The molecule has 1 unspecified atom stereocenters. The predicted octanol–water partition coefficient (Wildman–Crippen LogP) is 2.47. The van der Waals surface area contributed by atoms with Crippen LogP contribution in [0.15, 0.2) is 79.1 Å². The third kappa shape index (κ3) is 4.95. The summed E-state index contributed by atoms with van der Waals surface area (Å²) in [5.74, 6) is -1.63. The first kappa shape index (κ1) is 21.9. The zero-order valence-corrected chi connectivity index (χ0v) is 18.1. The van der Waals surface area contributed by atoms with Crippen molar-refractivity contribution < 1.29 is 14.4 Å². The van der Waals surface area contributed by atoms with Gasteiger partial charge in [-0.25, -0.2) is 9.67 Å². The van der Waals surface area contributed by atoms with Gasteiger partial charge in [-0.2, -0.15) is 5.10 Å². The highest BCUT2D eigenvalue weighted by molar-refractivity contribution is 6.38. The zero-order chi connectivity index (χ0) is 23.2. The largest absolute Gasteiger partial charge is 0.350 e. The molecule has 0 aliphatic rings. The van der Waals surface area contributed by atoms with Crippen LogP contribution in [0.4, 0.5) is 0 Å². The van der Waals surface area contributed by atoms with Crippen LogP contribution in [0, 0.1) is 0 Å². The molecule has 33 heavy (non-hydrogen) atoms. The Hall–Kier alpha value is -4.33. The summed E-state index contributed by atoms with van der Waals surface area (Å²) >= 11 is 0. The first-order valence-corrected chi connectivity index (χ1v) is 10.6. The van der Waals surface area contributed by atoms with E-state index >= 15 is 0 Å². The Morgan fingerprint density at radius 1 is 0.970 bits per heavy atom. The molecule has 1 atom stereocenters. The van der Waals surface area contributed by atoms with Gasteiger partial charge in [-0.3, -0.25) is 14.4 Å². The number of rotatable bonds is 8. The molecule has 2 N–H and O–H groups in total. The van der Waals surface area contributed by atoms with Crippen molar-refractivity contribution in [2.45, 2.75) is 19.4 Å². The Morgan fingerprint density at radius 3 is 2.48 bits per heavy atom. The fraction of sp³-hybridized carbons (Fsp3) is 0.160. The number of Topliss-reactive ketones (excluding diaryl/α,β-unsaturated/α-hetero) is 1. The number of carbonyl (C=O) groups excluding carboxylic acids is 3. The Labute approximate surface area is 190 Å². The lowest BCUT2D eigenvalue weighted by Gasteiger charge is -2.18. The summed E-state index contributed by atoms with van der Waals surface area (Å²) in [6.45, 7) is 2.04. The minimum atomic E-state index is -1.03. The molecule has 2 aromatic heterocycles. The number of nitrogens with one attached hydrogen (secondary N) is 2. The van der Waals surface area contributed by atoms with Crippen LogP contribution in [0.5, 0.6) is 0 Å². The quantitative estimate of drug-likeness (QED) is 0.409. The van der Waals surface area contributed by atoms with Gasteiger partial charge in [0.05, 0.1) is 11.1 Å². The molecular formula is C25H23N5O3. The second-order valence-corrected chi connectivity index (χ2v) is 7.45. The summed E-state index contributed by atoms with van der Waals surface area (Å²) in [6, 6.07) is 19.0. The summed E-state index contributed by atoms with van der Waals surface area (Å²) in [5, 5.41) is 10.7. The van der Waals surface area contributed by atoms with E-state index in [0.717, 1.165) is 16.5 Å². The fourth-order valence-corrected chi connectivity index (χ4v) is 3.53. The predicted molar refractivity (Wildman–Crippen MR) is 124 cm³/mol. The molecule has 0 radical (unpaired) electrons. The average molecular weight is 441 g/mol. The molecule has 2 heterocycles. The number of nitrogens with zero attached hydrogens (tertiary/aromatic N) is 3. The fourth-order valence-electron chi connectivity index (χ4n) is 3.53. The number of pyridine rings is 1. The molecular weight excluding hydrogens is 418 g/mol. The molecule has 0 saturated carbocycles. The molecule has 8 heteroatoms. The van der Waals surface area contributed by atoms with Gasteiger partial charge in [0, 0.05) is 30.7 Å². The van der Waals surface area contributed by atoms with E-state index in [9.17, 15) is 14.4 Å². The molecule has 0 aliphatic heterocycles. The van der Waals surface area contributed by atoms with E-state index in [0.29, 0.717) is 12.4 Å². The van der Waals surface area contributed by atoms with Crippen molar-refractivity contribution in [1.29, 1.82) is 0 Å². The molecule has 4 aromatic rings. The van der Waals surface area contributed by atoms with Crippen LogP contribution in [0.2, 0.25) is 0 Å². The number of amides is 2. The van der Waals surface area contributed by atoms with Crippen molar-refractivity contribution in [3.8, 4) is 5.82 Å². The maximum absolute atomic E-state index is 13.3. The maximum atomic E-state index is 13.3. The van der Waals surface area contributed by atoms with Gasteiger partial charge < -0.3 is 10.6 Å². The van der Waals surface area contributed by atoms with Crippen LogP contribution in [0.1, 0.15) is 22.8 Å². The van der Waals surface area contributed by atoms with Gasteiger partial charge in [0.25, 0.3) is 11.8 Å². The lowest BCUT2D eigenvalue weighted by molar-refractivity contribution is -0.138. The highest BCUT2D eigenvalue weighted by Crippen LogP contribution is 2.17. The third-order valence-electron chi connectivity index (χ3n) is 5.13. The summed E-state index contributed by atoms with van der Waals surface area (Å²) in [5.41, 5.74) is 1.83. The molecule has 0 spiro atoms. The lowest BCUT2D eigenvalue weighted by Crippen LogP contribution is -2.48. The average Bonchev–Trinajstić information content (AvgIpc) is 3.28. The van der Waals surface area contributed by atoms with Crippen LogP contribution >= 0.6 is 0 Å². The first-order chi connectivity index (χ1) is 16.1. The van der Waals surface area contributed by atoms with E-state index in [1.165, 1.54) is 4.68 Å². The van der Waals surface area contributed by atoms with Crippen molar-refractivity contribution in [3.63, 3.8) is 0 Å². The smallest absolute Gasteiger partial charge is 0.289 e. The summed E-state index contributed by atoms with van der Waals surface area (Å²) < 4.78 is 1.54. The number of benzene rings is 2. The number of hydrogen-bond acceptors (Lipinski definition) is 5. The number of carbonyl (C=O) groups is 3. The van der Waals surface area contributed by atoms with E-state index in [1.54, 1.807) is 31.5 Å². The SMILES string of the molecule is CCNC(=O)C(=O)C(Cc1ccccc1)NC(=O)c1cccnc1-n1cc2ccccc2n1. The second kappa shape index (κ2) is 9.86. The molecule has 2 aromatic carbocycles. The second-order valence-electron chi connectivity index (χ2n) is 7.45. The Morgan fingerprint density at radius 2 is 1.73 bits per heavy atom. The summed E-state index contributed by atoms with van der Waals surface area (Å²) in [7, 11) is 0. The van der Waals surface area contributed by atoms with Crippen molar-refractivity contribution in [2.24, 2.45) is 0 Å². The van der Waals surface area contributed by atoms with Crippen molar-refractivity contribution in [3.05, 3.63) is 90.3 Å². The summed E-state index contributed by atoms with van der Waals surface area (Å²) in [6.07, 6.45) is 3.54. The number of fused-ring (bicyclic) bond motifs is 1. The monoisotopic (exact) mass is 441 g/mol. The molecule has 4 rings (SSSR count). The molecule has 0 bridgehead atoms. The van der Waals surface area contributed by atoms with Crippen LogP contribution < -0.4 is 10.6 Å². The van der Waals surface area contributed by atoms with Gasteiger partial charge in [-0.05, 0) is 30.7 Å². The Balaban J connectivity index is 1.64. The highest BCUT2D eigenvalue weighted by Gasteiger charge is 2.28. The molecule has 0 fully saturated rings. The summed E-state index contributed by atoms with van der Waals surface area (Å²) in [4.78, 5) is 42.7. The molecule has 2 amide bonds. The van der Waals surface area contributed by atoms with E-state index < -0.39 is 23.6 Å². The third-order valence-corrected chi connectivity index (χ3v) is 5.13. The van der Waals surface area contributed by atoms with Crippen LogP contribution in [-0.2, 0) is 16.0 Å². The first-order valence-electron chi connectivity index (χ1n) is 10.6. The Bertz CT molecular complexity index is 1270. The van der Waals surface area contributed by atoms with Gasteiger partial charge in [-0.15, -0.1) is 0 Å². The Kier molecular flexibility index (Phi) is 6.54. The minimum absolute atomic E-state index is 0.184. The highest BCUT2D eigenvalue weighted by atomic mass is 16.2. The zero-order valence-electron chi connectivity index (χ0n) is 18.1. The molecule has 166 valence electrons. The molecule has 8 nitrogen and oxygen atoms in total. The normalized spacial score (nSPS) is 11.7. The standard InChI is InChI=1S/C25H23N5O3/c1-2-26-25(33)22(31)21(15-17-9-4-3-5-10-17)28-24(32)19-12-8-14-27-23(19)30-16-18-11-6-7-13-20(18)29-30/h3-14,16,21H,2,15H2,1H3,(H,26,33)(H,28,32). The van der Waals surface area contributed by atoms with Crippen molar-refractivity contribution in [1.82, 2.24) is 25.4 Å². The topological polar surface area (TPSA) is 106 Å². The number of hydrogen-bond donors (Lipinski definition) is 2. The maximum Gasteiger partial charge on any atom is 0.289 e. The number of likely N-dealkylation sites (N-methyl/N-ethyl adjacent to an activating group) is 1. The van der Waals surface area contributed by atoms with E-state index in [1.807, 2.05) is 54.6 Å². The van der Waals surface area contributed by atoms with Crippen molar-refractivity contribution in [2.75, 3.05) is 6.54 Å². The lowest BCUT2D eigenvalue weighted by atomic mass is 10.0. The van der Waals surface area contributed by atoms with Gasteiger partial charge in [-0.1, -0.05) is 48.5 Å². The van der Waals surface area contributed by atoms with Crippen LogP contribution in [0.3, 0.4) is 0 Å².